The molecule has 25 heavy (non-hydrogen) atoms. The molecule has 0 fully saturated rings. The number of nitrogens with one attached hydrogen (secondary N) is 1. The number of amides is 1. The molecule has 0 aliphatic carbocycles. The van der Waals surface area contributed by atoms with Gasteiger partial charge in [-0.05, 0) is 43.2 Å². The highest BCUT2D eigenvalue weighted by Gasteiger charge is 2.13. The summed E-state index contributed by atoms with van der Waals surface area (Å²) in [7, 11) is 0. The van der Waals surface area contributed by atoms with Crippen LogP contribution in [-0.4, -0.2) is 15.5 Å². The molecule has 5 heteroatoms. The molecule has 0 radical (unpaired) electrons. The number of hydrogen-bond acceptors (Lipinski definition) is 3. The fourth-order valence-corrected chi connectivity index (χ4v) is 2.85. The monoisotopic (exact) mass is 335 g/mol. The lowest BCUT2D eigenvalue weighted by Crippen LogP contribution is -2.31. The van der Waals surface area contributed by atoms with Gasteiger partial charge in [0.25, 0.3) is 5.56 Å². The molecular weight excluding hydrogens is 314 g/mol. The van der Waals surface area contributed by atoms with Crippen LogP contribution in [0.25, 0.3) is 10.9 Å². The minimum absolute atomic E-state index is 0.0484. The van der Waals surface area contributed by atoms with Gasteiger partial charge in [0, 0.05) is 12.1 Å². The molecule has 0 saturated heterocycles. The molecule has 0 aliphatic heterocycles. The van der Waals surface area contributed by atoms with E-state index in [1.165, 1.54) is 4.57 Å². The SMILES string of the molecule is CCc1nc2ccccc2c(=O)n1CC(=O)Nc1cc(C)ccc1C. The zero-order valence-corrected chi connectivity index (χ0v) is 14.7. The third kappa shape index (κ3) is 3.45. The molecule has 0 bridgehead atoms. The van der Waals surface area contributed by atoms with Crippen molar-refractivity contribution in [3.63, 3.8) is 0 Å². The lowest BCUT2D eigenvalue weighted by molar-refractivity contribution is -0.116. The molecule has 0 saturated carbocycles. The average molecular weight is 335 g/mol. The van der Waals surface area contributed by atoms with Gasteiger partial charge in [-0.3, -0.25) is 14.2 Å². The highest BCUT2D eigenvalue weighted by Crippen LogP contribution is 2.16. The van der Waals surface area contributed by atoms with E-state index in [0.29, 0.717) is 23.1 Å². The van der Waals surface area contributed by atoms with E-state index >= 15 is 0 Å². The Kier molecular flexibility index (Phi) is 4.65. The maximum atomic E-state index is 12.8. The van der Waals surface area contributed by atoms with E-state index in [-0.39, 0.29) is 18.0 Å². The molecule has 0 unspecified atom stereocenters. The molecule has 1 aromatic heterocycles. The molecule has 3 rings (SSSR count). The van der Waals surface area contributed by atoms with Crippen LogP contribution in [0.2, 0.25) is 0 Å². The van der Waals surface area contributed by atoms with E-state index < -0.39 is 0 Å². The van der Waals surface area contributed by atoms with Crippen LogP contribution >= 0.6 is 0 Å². The summed E-state index contributed by atoms with van der Waals surface area (Å²) >= 11 is 0. The van der Waals surface area contributed by atoms with E-state index in [4.69, 9.17) is 0 Å². The number of aromatic nitrogens is 2. The second kappa shape index (κ2) is 6.89. The van der Waals surface area contributed by atoms with Crippen LogP contribution in [0, 0.1) is 13.8 Å². The third-order valence-corrected chi connectivity index (χ3v) is 4.23. The van der Waals surface area contributed by atoms with Crippen LogP contribution in [0.15, 0.2) is 47.3 Å². The van der Waals surface area contributed by atoms with E-state index in [1.807, 2.05) is 51.1 Å². The molecule has 0 spiro atoms. The van der Waals surface area contributed by atoms with Crippen molar-refractivity contribution in [3.8, 4) is 0 Å². The number of para-hydroxylation sites is 1. The van der Waals surface area contributed by atoms with Gasteiger partial charge >= 0.3 is 0 Å². The molecule has 1 heterocycles. The quantitative estimate of drug-likeness (QED) is 0.796. The summed E-state index contributed by atoms with van der Waals surface area (Å²) in [5, 5.41) is 3.43. The lowest BCUT2D eigenvalue weighted by Gasteiger charge is -2.14. The molecule has 0 aliphatic rings. The first kappa shape index (κ1) is 16.9. The maximum Gasteiger partial charge on any atom is 0.261 e. The van der Waals surface area contributed by atoms with Crippen molar-refractivity contribution in [3.05, 3.63) is 69.8 Å². The molecule has 3 aromatic rings. The Morgan fingerprint density at radius 3 is 2.68 bits per heavy atom. The Morgan fingerprint density at radius 2 is 1.92 bits per heavy atom. The standard InChI is InChI=1S/C20H21N3O2/c1-4-18-21-16-8-6-5-7-15(16)20(25)23(18)12-19(24)22-17-11-13(2)9-10-14(17)3/h5-11H,4,12H2,1-3H3,(H,22,24). The van der Waals surface area contributed by atoms with Gasteiger partial charge in [-0.25, -0.2) is 4.98 Å². The smallest absolute Gasteiger partial charge is 0.261 e. The second-order valence-electron chi connectivity index (χ2n) is 6.16. The molecule has 1 N–H and O–H groups in total. The van der Waals surface area contributed by atoms with Gasteiger partial charge in [0.05, 0.1) is 10.9 Å². The summed E-state index contributed by atoms with van der Waals surface area (Å²) in [5.74, 6) is 0.377. The van der Waals surface area contributed by atoms with Crippen LogP contribution in [-0.2, 0) is 17.8 Å². The number of anilines is 1. The predicted octanol–water partition coefficient (Wildman–Crippen LogP) is 3.21. The van der Waals surface area contributed by atoms with Crippen LogP contribution in [0.4, 0.5) is 5.69 Å². The molecule has 1 amide bonds. The Labute approximate surface area is 146 Å². The van der Waals surface area contributed by atoms with Crippen LogP contribution < -0.4 is 10.9 Å². The van der Waals surface area contributed by atoms with E-state index in [0.717, 1.165) is 16.8 Å². The minimum Gasteiger partial charge on any atom is -0.324 e. The van der Waals surface area contributed by atoms with Gasteiger partial charge in [0.15, 0.2) is 0 Å². The summed E-state index contributed by atoms with van der Waals surface area (Å²) in [4.78, 5) is 29.8. The minimum atomic E-state index is -0.234. The van der Waals surface area contributed by atoms with Crippen molar-refractivity contribution in [1.29, 1.82) is 0 Å². The number of fused-ring (bicyclic) bond motifs is 1. The Balaban J connectivity index is 1.94. The summed E-state index contributed by atoms with van der Waals surface area (Å²) < 4.78 is 1.46. The summed E-state index contributed by atoms with van der Waals surface area (Å²) in [6.07, 6.45) is 0.580. The first-order valence-electron chi connectivity index (χ1n) is 8.35. The summed E-state index contributed by atoms with van der Waals surface area (Å²) in [6.45, 7) is 5.79. The van der Waals surface area contributed by atoms with Crippen LogP contribution in [0.1, 0.15) is 23.9 Å². The number of rotatable bonds is 4. The Hall–Kier alpha value is -2.95. The lowest BCUT2D eigenvalue weighted by atomic mass is 10.1. The zero-order valence-electron chi connectivity index (χ0n) is 14.7. The van der Waals surface area contributed by atoms with Gasteiger partial charge < -0.3 is 5.32 Å². The molecule has 5 nitrogen and oxygen atoms in total. The predicted molar refractivity (Wildman–Crippen MR) is 99.9 cm³/mol. The van der Waals surface area contributed by atoms with Gasteiger partial charge in [0.2, 0.25) is 5.91 Å². The molecular formula is C20H21N3O2. The van der Waals surface area contributed by atoms with Gasteiger partial charge in [-0.2, -0.15) is 0 Å². The van der Waals surface area contributed by atoms with E-state index in [1.54, 1.807) is 12.1 Å². The van der Waals surface area contributed by atoms with Crippen molar-refractivity contribution in [2.45, 2.75) is 33.7 Å². The van der Waals surface area contributed by atoms with Crippen LogP contribution in [0.5, 0.6) is 0 Å². The fourth-order valence-electron chi connectivity index (χ4n) is 2.85. The van der Waals surface area contributed by atoms with Gasteiger partial charge in [-0.15, -0.1) is 0 Å². The normalized spacial score (nSPS) is 10.8. The first-order valence-corrected chi connectivity index (χ1v) is 8.35. The number of nitrogens with zero attached hydrogens (tertiary/aromatic N) is 2. The first-order chi connectivity index (χ1) is 12.0. The summed E-state index contributed by atoms with van der Waals surface area (Å²) in [6, 6.07) is 13.1. The topological polar surface area (TPSA) is 64.0 Å². The van der Waals surface area contributed by atoms with E-state index in [2.05, 4.69) is 10.3 Å². The Bertz CT molecular complexity index is 1010. The second-order valence-corrected chi connectivity index (χ2v) is 6.16. The molecule has 2 aromatic carbocycles. The average Bonchev–Trinajstić information content (AvgIpc) is 2.60. The van der Waals surface area contributed by atoms with E-state index in [9.17, 15) is 9.59 Å². The number of benzene rings is 2. The summed E-state index contributed by atoms with van der Waals surface area (Å²) in [5.41, 5.74) is 3.30. The van der Waals surface area contributed by atoms with Crippen molar-refractivity contribution in [2.75, 3.05) is 5.32 Å². The number of carbonyl (C=O) groups excluding carboxylic acids is 1. The van der Waals surface area contributed by atoms with Crippen molar-refractivity contribution >= 4 is 22.5 Å². The largest absolute Gasteiger partial charge is 0.324 e. The van der Waals surface area contributed by atoms with Crippen molar-refractivity contribution in [1.82, 2.24) is 9.55 Å². The van der Waals surface area contributed by atoms with Crippen molar-refractivity contribution in [2.24, 2.45) is 0 Å². The van der Waals surface area contributed by atoms with Crippen molar-refractivity contribution < 1.29 is 4.79 Å². The fraction of sp³-hybridized carbons (Fsp3) is 0.250. The third-order valence-electron chi connectivity index (χ3n) is 4.23. The molecule has 0 atom stereocenters. The zero-order chi connectivity index (χ0) is 18.0. The highest BCUT2D eigenvalue weighted by atomic mass is 16.2. The van der Waals surface area contributed by atoms with Gasteiger partial charge in [0.1, 0.15) is 12.4 Å². The molecule has 128 valence electrons. The van der Waals surface area contributed by atoms with Crippen LogP contribution in [0.3, 0.4) is 0 Å². The highest BCUT2D eigenvalue weighted by molar-refractivity contribution is 5.91. The number of carbonyl (C=O) groups is 1. The maximum absolute atomic E-state index is 12.8. The Morgan fingerprint density at radius 1 is 1.16 bits per heavy atom. The van der Waals surface area contributed by atoms with Gasteiger partial charge in [-0.1, -0.05) is 31.2 Å². The number of hydrogen-bond donors (Lipinski definition) is 1. The number of aryl methyl sites for hydroxylation is 3.